The molecule has 1 N–H and O–H groups in total. The molecule has 8 nitrogen and oxygen atoms in total. The molecule has 0 spiro atoms. The highest BCUT2D eigenvalue weighted by atomic mass is 16.5. The van der Waals surface area contributed by atoms with Crippen LogP contribution in [0.2, 0.25) is 0 Å². The zero-order valence-corrected chi connectivity index (χ0v) is 18.9. The molecule has 1 amide bonds. The Morgan fingerprint density at radius 3 is 2.67 bits per heavy atom. The van der Waals surface area contributed by atoms with Crippen LogP contribution in [0.5, 0.6) is 5.75 Å². The third-order valence-corrected chi connectivity index (χ3v) is 6.40. The molecule has 1 saturated heterocycles. The number of para-hydroxylation sites is 2. The summed E-state index contributed by atoms with van der Waals surface area (Å²) < 4.78 is 6.73. The number of fused-ring (bicyclic) bond motifs is 3. The van der Waals surface area contributed by atoms with Crippen molar-refractivity contribution in [1.82, 2.24) is 14.7 Å². The first-order valence-corrected chi connectivity index (χ1v) is 11.1. The van der Waals surface area contributed by atoms with Crippen LogP contribution in [0.4, 0.5) is 11.4 Å². The number of benzene rings is 2. The Kier molecular flexibility index (Phi) is 5.50. The molecule has 0 atom stereocenters. The standard InChI is InChI=1S/C25H27N5O3/c1-17-7-8-18-14-26-24-20(19(18)13-17)15-27-30(25(24)32)16-23(31)29-11-9-28(10-12-29)21-5-3-4-6-22(21)33-2/h3-8,13,15,26H,9-12,14,16H2,1-2H3. The quantitative estimate of drug-likeness (QED) is 0.665. The summed E-state index contributed by atoms with van der Waals surface area (Å²) in [6, 6.07) is 14.1. The van der Waals surface area contributed by atoms with Gasteiger partial charge in [0.2, 0.25) is 5.91 Å². The number of nitrogens with zero attached hydrogens (tertiary/aromatic N) is 4. The van der Waals surface area contributed by atoms with Crippen molar-refractivity contribution in [2.24, 2.45) is 0 Å². The molecule has 3 aromatic rings. The topological polar surface area (TPSA) is 79.7 Å². The van der Waals surface area contributed by atoms with Gasteiger partial charge in [-0.3, -0.25) is 9.59 Å². The second-order valence-corrected chi connectivity index (χ2v) is 8.45. The zero-order valence-electron chi connectivity index (χ0n) is 18.9. The lowest BCUT2D eigenvalue weighted by atomic mass is 9.95. The number of methoxy groups -OCH3 is 1. The zero-order chi connectivity index (χ0) is 22.9. The first-order chi connectivity index (χ1) is 16.0. The molecule has 33 heavy (non-hydrogen) atoms. The number of anilines is 2. The van der Waals surface area contributed by atoms with E-state index in [1.165, 1.54) is 4.68 Å². The van der Waals surface area contributed by atoms with Crippen molar-refractivity contribution in [3.63, 3.8) is 0 Å². The Bertz CT molecular complexity index is 1260. The number of ether oxygens (including phenoxy) is 1. The second kappa shape index (κ2) is 8.61. The monoisotopic (exact) mass is 445 g/mol. The SMILES string of the molecule is COc1ccccc1N1CCN(C(=O)Cn2ncc3c(c2=O)NCc2ccc(C)cc2-3)CC1. The van der Waals surface area contributed by atoms with Crippen LogP contribution in [0, 0.1) is 6.92 Å². The predicted octanol–water partition coefficient (Wildman–Crippen LogP) is 2.50. The highest BCUT2D eigenvalue weighted by molar-refractivity contribution is 5.82. The Morgan fingerprint density at radius 2 is 1.88 bits per heavy atom. The van der Waals surface area contributed by atoms with Gasteiger partial charge in [-0.2, -0.15) is 5.10 Å². The Balaban J connectivity index is 1.29. The van der Waals surface area contributed by atoms with Gasteiger partial charge in [0.1, 0.15) is 18.0 Å². The number of aromatic nitrogens is 2. The molecule has 2 aromatic carbocycles. The van der Waals surface area contributed by atoms with Crippen molar-refractivity contribution in [1.29, 1.82) is 0 Å². The molecule has 0 unspecified atom stereocenters. The normalized spacial score (nSPS) is 14.8. The second-order valence-electron chi connectivity index (χ2n) is 8.45. The molecule has 170 valence electrons. The largest absolute Gasteiger partial charge is 0.495 e. The van der Waals surface area contributed by atoms with E-state index in [2.05, 4.69) is 33.5 Å². The Morgan fingerprint density at radius 1 is 1.09 bits per heavy atom. The van der Waals surface area contributed by atoms with Gasteiger partial charge in [0.15, 0.2) is 0 Å². The molecule has 1 aromatic heterocycles. The molecule has 2 aliphatic heterocycles. The maximum absolute atomic E-state index is 13.1. The Hall–Kier alpha value is -3.81. The van der Waals surface area contributed by atoms with Crippen LogP contribution < -0.4 is 20.5 Å². The third kappa shape index (κ3) is 3.92. The first kappa shape index (κ1) is 21.1. The number of rotatable bonds is 4. The van der Waals surface area contributed by atoms with Crippen molar-refractivity contribution < 1.29 is 9.53 Å². The van der Waals surface area contributed by atoms with E-state index in [-0.39, 0.29) is 18.0 Å². The van der Waals surface area contributed by atoms with Crippen molar-refractivity contribution in [3.8, 4) is 16.9 Å². The number of aryl methyl sites for hydroxylation is 1. The summed E-state index contributed by atoms with van der Waals surface area (Å²) in [4.78, 5) is 30.1. The van der Waals surface area contributed by atoms with Gasteiger partial charge in [-0.25, -0.2) is 4.68 Å². The van der Waals surface area contributed by atoms with Gasteiger partial charge in [-0.1, -0.05) is 35.9 Å². The van der Waals surface area contributed by atoms with Crippen LogP contribution in [0.1, 0.15) is 11.1 Å². The highest BCUT2D eigenvalue weighted by Gasteiger charge is 2.25. The molecular weight excluding hydrogens is 418 g/mol. The van der Waals surface area contributed by atoms with Crippen LogP contribution in [-0.4, -0.2) is 53.9 Å². The number of carbonyl (C=O) groups excluding carboxylic acids is 1. The molecule has 0 radical (unpaired) electrons. The number of carbonyl (C=O) groups is 1. The lowest BCUT2D eigenvalue weighted by Crippen LogP contribution is -2.50. The van der Waals surface area contributed by atoms with E-state index >= 15 is 0 Å². The number of nitrogens with one attached hydrogen (secondary N) is 1. The van der Waals surface area contributed by atoms with Gasteiger partial charge in [0.25, 0.3) is 5.56 Å². The van der Waals surface area contributed by atoms with Gasteiger partial charge in [0.05, 0.1) is 19.0 Å². The van der Waals surface area contributed by atoms with E-state index in [1.54, 1.807) is 18.2 Å². The summed E-state index contributed by atoms with van der Waals surface area (Å²) in [6.45, 7) is 5.13. The van der Waals surface area contributed by atoms with Gasteiger partial charge in [-0.15, -0.1) is 0 Å². The lowest BCUT2D eigenvalue weighted by Gasteiger charge is -2.36. The fourth-order valence-corrected chi connectivity index (χ4v) is 4.57. The van der Waals surface area contributed by atoms with Crippen LogP contribution in [0.25, 0.3) is 11.1 Å². The molecule has 0 saturated carbocycles. The van der Waals surface area contributed by atoms with E-state index in [1.807, 2.05) is 31.2 Å². The minimum absolute atomic E-state index is 0.0663. The van der Waals surface area contributed by atoms with Crippen molar-refractivity contribution in [3.05, 3.63) is 70.1 Å². The molecule has 2 aliphatic rings. The summed E-state index contributed by atoms with van der Waals surface area (Å²) in [5, 5.41) is 7.55. The summed E-state index contributed by atoms with van der Waals surface area (Å²) in [5.74, 6) is 0.725. The van der Waals surface area contributed by atoms with Crippen LogP contribution in [0.3, 0.4) is 0 Å². The predicted molar refractivity (Wildman–Crippen MR) is 128 cm³/mol. The minimum atomic E-state index is -0.263. The van der Waals surface area contributed by atoms with Crippen LogP contribution in [-0.2, 0) is 17.9 Å². The highest BCUT2D eigenvalue weighted by Crippen LogP contribution is 2.33. The molecule has 3 heterocycles. The van der Waals surface area contributed by atoms with Gasteiger partial charge < -0.3 is 19.9 Å². The average molecular weight is 446 g/mol. The number of hydrogen-bond acceptors (Lipinski definition) is 6. The molecule has 5 rings (SSSR count). The van der Waals surface area contributed by atoms with Crippen LogP contribution in [0.15, 0.2) is 53.5 Å². The minimum Gasteiger partial charge on any atom is -0.495 e. The molecule has 8 heteroatoms. The summed E-state index contributed by atoms with van der Waals surface area (Å²) in [5.41, 5.74) is 5.36. The number of hydrogen-bond donors (Lipinski definition) is 1. The van der Waals surface area contributed by atoms with E-state index in [9.17, 15) is 9.59 Å². The molecule has 1 fully saturated rings. The summed E-state index contributed by atoms with van der Waals surface area (Å²) >= 11 is 0. The maximum atomic E-state index is 13.1. The number of piperazine rings is 1. The maximum Gasteiger partial charge on any atom is 0.291 e. The molecule has 0 bridgehead atoms. The van der Waals surface area contributed by atoms with Gasteiger partial charge in [0, 0.05) is 38.3 Å². The molecule has 0 aliphatic carbocycles. The van der Waals surface area contributed by atoms with E-state index < -0.39 is 0 Å². The van der Waals surface area contributed by atoms with E-state index in [0.29, 0.717) is 38.4 Å². The van der Waals surface area contributed by atoms with Gasteiger partial charge >= 0.3 is 0 Å². The van der Waals surface area contributed by atoms with Crippen LogP contribution >= 0.6 is 0 Å². The van der Waals surface area contributed by atoms with Crippen molar-refractivity contribution in [2.45, 2.75) is 20.0 Å². The summed E-state index contributed by atoms with van der Waals surface area (Å²) in [7, 11) is 1.66. The van der Waals surface area contributed by atoms with Crippen molar-refractivity contribution in [2.75, 3.05) is 43.5 Å². The van der Waals surface area contributed by atoms with E-state index in [4.69, 9.17) is 4.74 Å². The third-order valence-electron chi connectivity index (χ3n) is 6.40. The number of amides is 1. The fraction of sp³-hybridized carbons (Fsp3) is 0.320. The first-order valence-electron chi connectivity index (χ1n) is 11.1. The van der Waals surface area contributed by atoms with Gasteiger partial charge in [-0.05, 0) is 30.2 Å². The smallest absolute Gasteiger partial charge is 0.291 e. The summed E-state index contributed by atoms with van der Waals surface area (Å²) in [6.07, 6.45) is 1.69. The Labute approximate surface area is 192 Å². The fourth-order valence-electron chi connectivity index (χ4n) is 4.57. The van der Waals surface area contributed by atoms with E-state index in [0.717, 1.165) is 33.7 Å². The molecular formula is C25H27N5O3. The lowest BCUT2D eigenvalue weighted by molar-refractivity contribution is -0.132. The van der Waals surface area contributed by atoms with Crippen molar-refractivity contribution >= 4 is 17.3 Å². The average Bonchev–Trinajstić information content (AvgIpc) is 2.85.